The lowest BCUT2D eigenvalue weighted by molar-refractivity contribution is -0.105. The molecule has 2 aromatic rings. The first-order chi connectivity index (χ1) is 9.46. The van der Waals surface area contributed by atoms with Crippen molar-refractivity contribution in [2.45, 2.75) is 11.1 Å². The van der Waals surface area contributed by atoms with Gasteiger partial charge in [-0.15, -0.1) is 11.8 Å². The summed E-state index contributed by atoms with van der Waals surface area (Å²) in [6, 6.07) is 9.34. The zero-order valence-electron chi connectivity index (χ0n) is 10.1. The van der Waals surface area contributed by atoms with Gasteiger partial charge >= 0.3 is 6.18 Å². The third-order valence-electron chi connectivity index (χ3n) is 2.27. The molecule has 0 saturated carbocycles. The number of para-hydroxylation sites is 1. The lowest BCUT2D eigenvalue weighted by Crippen LogP contribution is -2.13. The van der Waals surface area contributed by atoms with Crippen LogP contribution in [0.4, 0.5) is 18.9 Å². The van der Waals surface area contributed by atoms with E-state index in [0.717, 1.165) is 0 Å². The normalized spacial score (nSPS) is 11.3. The van der Waals surface area contributed by atoms with E-state index in [1.54, 1.807) is 24.3 Å². The van der Waals surface area contributed by atoms with Gasteiger partial charge in [0.25, 0.3) is 5.91 Å². The van der Waals surface area contributed by atoms with Crippen molar-refractivity contribution in [3.63, 3.8) is 0 Å². The maximum Gasteiger partial charge on any atom is 0.398 e. The Labute approximate surface area is 117 Å². The van der Waals surface area contributed by atoms with Gasteiger partial charge in [0.2, 0.25) is 0 Å². The number of furan rings is 1. The number of hydrogen-bond acceptors (Lipinski definition) is 3. The summed E-state index contributed by atoms with van der Waals surface area (Å²) < 4.78 is 41.6. The Balaban J connectivity index is 2.10. The average molecular weight is 301 g/mol. The van der Waals surface area contributed by atoms with E-state index in [0.29, 0.717) is 22.3 Å². The topological polar surface area (TPSA) is 42.2 Å². The standard InChI is InChI=1S/C13H10F3NO2S/c14-13(15,16)8-20-11-6-2-1-4-9(11)17-12(18)10-5-3-7-19-10/h1-7H,8H2,(H,17,18). The molecule has 7 heteroatoms. The second kappa shape index (κ2) is 6.04. The van der Waals surface area contributed by atoms with Crippen LogP contribution in [0.3, 0.4) is 0 Å². The third-order valence-corrected chi connectivity index (χ3v) is 3.41. The molecule has 0 aliphatic carbocycles. The SMILES string of the molecule is O=C(Nc1ccccc1SCC(F)(F)F)c1ccco1. The van der Waals surface area contributed by atoms with Gasteiger partial charge in [-0.05, 0) is 24.3 Å². The molecular weight excluding hydrogens is 291 g/mol. The van der Waals surface area contributed by atoms with E-state index in [9.17, 15) is 18.0 Å². The first-order valence-electron chi connectivity index (χ1n) is 5.59. The van der Waals surface area contributed by atoms with Crippen molar-refractivity contribution in [3.8, 4) is 0 Å². The Bertz CT molecular complexity index is 582. The van der Waals surface area contributed by atoms with Gasteiger partial charge in [-0.1, -0.05) is 12.1 Å². The lowest BCUT2D eigenvalue weighted by atomic mass is 10.3. The Kier molecular flexibility index (Phi) is 4.39. The van der Waals surface area contributed by atoms with E-state index in [-0.39, 0.29) is 5.76 Å². The van der Waals surface area contributed by atoms with E-state index in [4.69, 9.17) is 4.42 Å². The summed E-state index contributed by atoms with van der Waals surface area (Å²) in [5, 5.41) is 2.53. The Morgan fingerprint density at radius 2 is 1.95 bits per heavy atom. The molecule has 0 spiro atoms. The number of carbonyl (C=O) groups is 1. The van der Waals surface area contributed by atoms with Gasteiger partial charge in [0.05, 0.1) is 17.7 Å². The first-order valence-corrected chi connectivity index (χ1v) is 6.58. The van der Waals surface area contributed by atoms with E-state index < -0.39 is 17.8 Å². The zero-order valence-corrected chi connectivity index (χ0v) is 10.9. The number of alkyl halides is 3. The summed E-state index contributed by atoms with van der Waals surface area (Å²) in [5.74, 6) is -1.42. The number of amides is 1. The molecule has 0 aliphatic heterocycles. The number of rotatable bonds is 4. The number of halogens is 3. The van der Waals surface area contributed by atoms with Crippen molar-refractivity contribution in [1.82, 2.24) is 0 Å². The van der Waals surface area contributed by atoms with Gasteiger partial charge in [-0.2, -0.15) is 13.2 Å². The molecular formula is C13H10F3NO2S. The molecule has 0 atom stereocenters. The fourth-order valence-corrected chi connectivity index (χ4v) is 2.22. The highest BCUT2D eigenvalue weighted by atomic mass is 32.2. The molecule has 0 bridgehead atoms. The van der Waals surface area contributed by atoms with Gasteiger partial charge in [-0.3, -0.25) is 4.79 Å². The van der Waals surface area contributed by atoms with Crippen molar-refractivity contribution in [1.29, 1.82) is 0 Å². The number of benzene rings is 1. The van der Waals surface area contributed by atoms with Crippen LogP contribution in [0.15, 0.2) is 52.0 Å². The summed E-state index contributed by atoms with van der Waals surface area (Å²) in [4.78, 5) is 12.1. The van der Waals surface area contributed by atoms with Crippen LogP contribution in [0, 0.1) is 0 Å². The highest BCUT2D eigenvalue weighted by molar-refractivity contribution is 7.99. The van der Waals surface area contributed by atoms with Crippen LogP contribution in [-0.2, 0) is 0 Å². The monoisotopic (exact) mass is 301 g/mol. The number of thioether (sulfide) groups is 1. The zero-order chi connectivity index (χ0) is 14.6. The average Bonchev–Trinajstić information content (AvgIpc) is 2.90. The predicted octanol–water partition coefficient (Wildman–Crippen LogP) is 4.19. The van der Waals surface area contributed by atoms with Crippen molar-refractivity contribution in [2.75, 3.05) is 11.1 Å². The van der Waals surface area contributed by atoms with Crippen molar-refractivity contribution >= 4 is 23.4 Å². The summed E-state index contributed by atoms with van der Waals surface area (Å²) in [6.07, 6.45) is -2.91. The Morgan fingerprint density at radius 3 is 2.60 bits per heavy atom. The number of nitrogens with one attached hydrogen (secondary N) is 1. The molecule has 0 unspecified atom stereocenters. The van der Waals surface area contributed by atoms with Crippen LogP contribution in [0.2, 0.25) is 0 Å². The minimum Gasteiger partial charge on any atom is -0.459 e. The van der Waals surface area contributed by atoms with Crippen LogP contribution in [0.1, 0.15) is 10.6 Å². The van der Waals surface area contributed by atoms with Gasteiger partial charge in [0.15, 0.2) is 5.76 Å². The molecule has 1 heterocycles. The maximum atomic E-state index is 12.2. The van der Waals surface area contributed by atoms with E-state index in [2.05, 4.69) is 5.32 Å². The highest BCUT2D eigenvalue weighted by Crippen LogP contribution is 2.32. The maximum absolute atomic E-state index is 12.2. The summed E-state index contributed by atoms with van der Waals surface area (Å²) in [7, 11) is 0. The van der Waals surface area contributed by atoms with Crippen molar-refractivity contribution < 1.29 is 22.4 Å². The molecule has 0 radical (unpaired) electrons. The Hall–Kier alpha value is -1.89. The molecule has 0 aliphatic rings. The summed E-state index contributed by atoms with van der Waals surface area (Å²) in [5.41, 5.74) is 0.322. The lowest BCUT2D eigenvalue weighted by Gasteiger charge is -2.11. The predicted molar refractivity (Wildman–Crippen MR) is 69.9 cm³/mol. The van der Waals surface area contributed by atoms with Crippen LogP contribution in [0.25, 0.3) is 0 Å². The van der Waals surface area contributed by atoms with Crippen LogP contribution >= 0.6 is 11.8 Å². The Morgan fingerprint density at radius 1 is 1.20 bits per heavy atom. The van der Waals surface area contributed by atoms with Gasteiger partial charge in [-0.25, -0.2) is 0 Å². The van der Waals surface area contributed by atoms with E-state index in [1.165, 1.54) is 18.4 Å². The van der Waals surface area contributed by atoms with E-state index in [1.807, 2.05) is 0 Å². The molecule has 1 amide bonds. The summed E-state index contributed by atoms with van der Waals surface area (Å²) >= 11 is 0.623. The van der Waals surface area contributed by atoms with Gasteiger partial charge < -0.3 is 9.73 Å². The number of hydrogen-bond donors (Lipinski definition) is 1. The minimum absolute atomic E-state index is 0.0978. The molecule has 106 valence electrons. The fourth-order valence-electron chi connectivity index (χ4n) is 1.45. The highest BCUT2D eigenvalue weighted by Gasteiger charge is 2.27. The van der Waals surface area contributed by atoms with Crippen LogP contribution in [0.5, 0.6) is 0 Å². The van der Waals surface area contributed by atoms with Gasteiger partial charge in [0.1, 0.15) is 0 Å². The molecule has 20 heavy (non-hydrogen) atoms. The quantitative estimate of drug-likeness (QED) is 0.861. The number of anilines is 1. The largest absolute Gasteiger partial charge is 0.459 e. The molecule has 0 saturated heterocycles. The minimum atomic E-state index is -4.26. The molecule has 1 aromatic heterocycles. The van der Waals surface area contributed by atoms with E-state index >= 15 is 0 Å². The van der Waals surface area contributed by atoms with Crippen molar-refractivity contribution in [3.05, 3.63) is 48.4 Å². The van der Waals surface area contributed by atoms with Gasteiger partial charge in [0, 0.05) is 4.90 Å². The smallest absolute Gasteiger partial charge is 0.398 e. The van der Waals surface area contributed by atoms with Crippen molar-refractivity contribution in [2.24, 2.45) is 0 Å². The second-order valence-corrected chi connectivity index (χ2v) is 4.85. The number of carbonyl (C=O) groups excluding carboxylic acids is 1. The molecule has 0 fully saturated rings. The molecule has 1 aromatic carbocycles. The van der Waals surface area contributed by atoms with Crippen LogP contribution < -0.4 is 5.32 Å². The molecule has 1 N–H and O–H groups in total. The third kappa shape index (κ3) is 4.06. The first kappa shape index (κ1) is 14.5. The molecule has 2 rings (SSSR count). The summed E-state index contributed by atoms with van der Waals surface area (Å²) in [6.45, 7) is 0. The van der Waals surface area contributed by atoms with Crippen LogP contribution in [-0.4, -0.2) is 17.8 Å². The fraction of sp³-hybridized carbons (Fsp3) is 0.154. The second-order valence-electron chi connectivity index (χ2n) is 3.83. The molecule has 3 nitrogen and oxygen atoms in total.